The largest absolute Gasteiger partial charge is 0.376 e. The van der Waals surface area contributed by atoms with Crippen LogP contribution in [0.3, 0.4) is 0 Å². The van der Waals surface area contributed by atoms with Gasteiger partial charge >= 0.3 is 5.69 Å². The molecule has 0 aliphatic carbocycles. The summed E-state index contributed by atoms with van der Waals surface area (Å²) in [5, 5.41) is 11.2. The lowest BCUT2D eigenvalue weighted by Gasteiger charge is -2.33. The van der Waals surface area contributed by atoms with Crippen LogP contribution >= 0.6 is 15.9 Å². The van der Waals surface area contributed by atoms with Gasteiger partial charge in [-0.05, 0) is 35.2 Å². The molecule has 0 saturated carbocycles. The number of hydrogen-bond donors (Lipinski definition) is 0. The van der Waals surface area contributed by atoms with Gasteiger partial charge in [-0.25, -0.2) is 4.98 Å². The highest BCUT2D eigenvalue weighted by Crippen LogP contribution is 2.30. The molecule has 1 atom stereocenters. The zero-order valence-corrected chi connectivity index (χ0v) is 13.0. The van der Waals surface area contributed by atoms with Gasteiger partial charge in [-0.15, -0.1) is 0 Å². The SMILES string of the molecule is CCCOC1CCCN(c2ncc(Br)cc2[N+](=O)[O-])C1. The Balaban J connectivity index is 2.16. The highest BCUT2D eigenvalue weighted by Gasteiger charge is 2.27. The third kappa shape index (κ3) is 3.67. The molecule has 0 bridgehead atoms. The Hall–Kier alpha value is -1.21. The van der Waals surface area contributed by atoms with E-state index in [1.165, 1.54) is 6.07 Å². The average Bonchev–Trinajstić information content (AvgIpc) is 2.45. The number of aromatic nitrogens is 1. The van der Waals surface area contributed by atoms with Gasteiger partial charge in [-0.1, -0.05) is 6.92 Å². The Morgan fingerprint density at radius 3 is 3.15 bits per heavy atom. The number of pyridine rings is 1. The Labute approximate surface area is 126 Å². The smallest absolute Gasteiger partial charge is 0.312 e. The van der Waals surface area contributed by atoms with Gasteiger partial charge in [0, 0.05) is 36.4 Å². The minimum Gasteiger partial charge on any atom is -0.376 e. The molecule has 0 radical (unpaired) electrons. The Morgan fingerprint density at radius 1 is 1.65 bits per heavy atom. The van der Waals surface area contributed by atoms with E-state index in [0.717, 1.165) is 32.4 Å². The van der Waals surface area contributed by atoms with Crippen molar-refractivity contribution >= 4 is 27.4 Å². The van der Waals surface area contributed by atoms with Gasteiger partial charge in [0.15, 0.2) is 0 Å². The molecule has 1 unspecified atom stereocenters. The fourth-order valence-corrected chi connectivity index (χ4v) is 2.67. The first kappa shape index (κ1) is 15.2. The van der Waals surface area contributed by atoms with Crippen LogP contribution in [0.1, 0.15) is 26.2 Å². The molecule has 1 aromatic heterocycles. The molecule has 0 amide bonds. The van der Waals surface area contributed by atoms with E-state index in [4.69, 9.17) is 4.74 Å². The van der Waals surface area contributed by atoms with Crippen LogP contribution in [-0.2, 0) is 4.74 Å². The van der Waals surface area contributed by atoms with Crippen molar-refractivity contribution in [2.45, 2.75) is 32.3 Å². The number of nitrogens with zero attached hydrogens (tertiary/aromatic N) is 3. The molecule has 7 heteroatoms. The Morgan fingerprint density at radius 2 is 2.45 bits per heavy atom. The van der Waals surface area contributed by atoms with Gasteiger partial charge in [-0.3, -0.25) is 10.1 Å². The zero-order chi connectivity index (χ0) is 14.5. The van der Waals surface area contributed by atoms with Crippen LogP contribution in [0.2, 0.25) is 0 Å². The summed E-state index contributed by atoms with van der Waals surface area (Å²) in [4.78, 5) is 16.9. The van der Waals surface area contributed by atoms with Crippen LogP contribution in [0.4, 0.5) is 11.5 Å². The molecule has 1 fully saturated rings. The van der Waals surface area contributed by atoms with Gasteiger partial charge in [0.1, 0.15) is 0 Å². The fraction of sp³-hybridized carbons (Fsp3) is 0.615. The quantitative estimate of drug-likeness (QED) is 0.606. The number of rotatable bonds is 5. The van der Waals surface area contributed by atoms with Crippen molar-refractivity contribution in [3.8, 4) is 0 Å². The second-order valence-electron chi connectivity index (χ2n) is 4.83. The van der Waals surface area contributed by atoms with E-state index < -0.39 is 0 Å². The predicted molar refractivity (Wildman–Crippen MR) is 80.1 cm³/mol. The number of hydrogen-bond acceptors (Lipinski definition) is 5. The molecule has 0 aromatic carbocycles. The summed E-state index contributed by atoms with van der Waals surface area (Å²) in [7, 11) is 0. The molecule has 6 nitrogen and oxygen atoms in total. The third-order valence-electron chi connectivity index (χ3n) is 3.25. The maximum Gasteiger partial charge on any atom is 0.312 e. The topological polar surface area (TPSA) is 68.5 Å². The first-order chi connectivity index (χ1) is 9.61. The standard InChI is InChI=1S/C13H18BrN3O3/c1-2-6-20-11-4-3-5-16(9-11)13-12(17(18)19)7-10(14)8-15-13/h7-8,11H,2-6,9H2,1H3. The highest BCUT2D eigenvalue weighted by atomic mass is 79.9. The number of anilines is 1. The maximum atomic E-state index is 11.2. The van der Waals surface area contributed by atoms with E-state index in [0.29, 0.717) is 16.8 Å². The summed E-state index contributed by atoms with van der Waals surface area (Å²) in [6, 6.07) is 1.50. The minimum atomic E-state index is -0.385. The van der Waals surface area contributed by atoms with Crippen LogP contribution in [0, 0.1) is 10.1 Å². The van der Waals surface area contributed by atoms with Crippen molar-refractivity contribution in [3.05, 3.63) is 26.9 Å². The lowest BCUT2D eigenvalue weighted by molar-refractivity contribution is -0.384. The average molecular weight is 344 g/mol. The monoisotopic (exact) mass is 343 g/mol. The summed E-state index contributed by atoms with van der Waals surface area (Å²) in [5.41, 5.74) is 0.0375. The molecule has 0 N–H and O–H groups in total. The molecule has 20 heavy (non-hydrogen) atoms. The molecule has 0 spiro atoms. The van der Waals surface area contributed by atoms with E-state index in [1.54, 1.807) is 6.20 Å². The number of halogens is 1. The predicted octanol–water partition coefficient (Wildman–Crippen LogP) is 3.15. The first-order valence-corrected chi connectivity index (χ1v) is 7.57. The first-order valence-electron chi connectivity index (χ1n) is 6.78. The van der Waals surface area contributed by atoms with Crippen molar-refractivity contribution in [2.75, 3.05) is 24.6 Å². The summed E-state index contributed by atoms with van der Waals surface area (Å²) < 4.78 is 6.37. The van der Waals surface area contributed by atoms with Crippen LogP contribution in [0.15, 0.2) is 16.7 Å². The van der Waals surface area contributed by atoms with E-state index in [2.05, 4.69) is 27.8 Å². The number of ether oxygens (including phenoxy) is 1. The van der Waals surface area contributed by atoms with Gasteiger partial charge in [-0.2, -0.15) is 0 Å². The van der Waals surface area contributed by atoms with Crippen LogP contribution in [-0.4, -0.2) is 35.7 Å². The Bertz CT molecular complexity index is 484. The van der Waals surface area contributed by atoms with Crippen LogP contribution in [0.5, 0.6) is 0 Å². The zero-order valence-electron chi connectivity index (χ0n) is 11.4. The summed E-state index contributed by atoms with van der Waals surface area (Å²) >= 11 is 3.22. The molecule has 2 heterocycles. The lowest BCUT2D eigenvalue weighted by Crippen LogP contribution is -2.40. The Kier molecular flexibility index (Phi) is 5.31. The van der Waals surface area contributed by atoms with Crippen LogP contribution in [0.25, 0.3) is 0 Å². The van der Waals surface area contributed by atoms with Gasteiger partial charge in [0.05, 0.1) is 11.0 Å². The fourth-order valence-electron chi connectivity index (χ4n) is 2.35. The van der Waals surface area contributed by atoms with Crippen molar-refractivity contribution in [1.29, 1.82) is 0 Å². The van der Waals surface area contributed by atoms with Crippen molar-refractivity contribution in [1.82, 2.24) is 4.98 Å². The number of nitro groups is 1. The summed E-state index contributed by atoms with van der Waals surface area (Å²) in [5.74, 6) is 0.433. The van der Waals surface area contributed by atoms with E-state index >= 15 is 0 Å². The van der Waals surface area contributed by atoms with E-state index in [1.807, 2.05) is 4.90 Å². The summed E-state index contributed by atoms with van der Waals surface area (Å²) in [6.45, 7) is 4.24. The van der Waals surface area contributed by atoms with Gasteiger partial charge in [0.2, 0.25) is 5.82 Å². The van der Waals surface area contributed by atoms with Crippen molar-refractivity contribution in [3.63, 3.8) is 0 Å². The normalized spacial score (nSPS) is 19.1. The minimum absolute atomic E-state index is 0.0375. The molecule has 110 valence electrons. The molecule has 2 rings (SSSR count). The second-order valence-corrected chi connectivity index (χ2v) is 5.75. The lowest BCUT2D eigenvalue weighted by atomic mass is 10.1. The summed E-state index contributed by atoms with van der Waals surface area (Å²) in [6.07, 6.45) is 4.67. The molecule has 1 saturated heterocycles. The third-order valence-corrected chi connectivity index (χ3v) is 3.68. The molecular formula is C13H18BrN3O3. The van der Waals surface area contributed by atoms with Gasteiger partial charge in [0.25, 0.3) is 0 Å². The molecular weight excluding hydrogens is 326 g/mol. The van der Waals surface area contributed by atoms with E-state index in [-0.39, 0.29) is 16.7 Å². The second kappa shape index (κ2) is 6.99. The van der Waals surface area contributed by atoms with E-state index in [9.17, 15) is 10.1 Å². The van der Waals surface area contributed by atoms with Crippen molar-refractivity contribution < 1.29 is 9.66 Å². The molecule has 1 aromatic rings. The maximum absolute atomic E-state index is 11.2. The van der Waals surface area contributed by atoms with Gasteiger partial charge < -0.3 is 9.64 Å². The molecule has 1 aliphatic heterocycles. The molecule has 1 aliphatic rings. The number of piperidine rings is 1. The van der Waals surface area contributed by atoms with Crippen LogP contribution < -0.4 is 4.90 Å². The van der Waals surface area contributed by atoms with Crippen molar-refractivity contribution in [2.24, 2.45) is 0 Å². The highest BCUT2D eigenvalue weighted by molar-refractivity contribution is 9.10.